The fourth-order valence-corrected chi connectivity index (χ4v) is 4.07. The molecule has 2 heterocycles. The van der Waals surface area contributed by atoms with E-state index in [1.165, 1.54) is 18.5 Å². The van der Waals surface area contributed by atoms with Crippen LogP contribution in [0.3, 0.4) is 0 Å². The molecule has 0 radical (unpaired) electrons. The van der Waals surface area contributed by atoms with Gasteiger partial charge in [-0.2, -0.15) is 0 Å². The molecule has 1 amide bonds. The zero-order chi connectivity index (χ0) is 25.3. The summed E-state index contributed by atoms with van der Waals surface area (Å²) in [7, 11) is 1.97. The van der Waals surface area contributed by atoms with Crippen LogP contribution in [0.1, 0.15) is 19.3 Å². The highest BCUT2D eigenvalue weighted by atomic mass is 19.1. The fraction of sp³-hybridized carbons (Fsp3) is 0.400. The zero-order valence-corrected chi connectivity index (χ0v) is 20.2. The molecule has 36 heavy (non-hydrogen) atoms. The minimum absolute atomic E-state index is 0.0967. The molecule has 1 saturated heterocycles. The monoisotopic (exact) mass is 497 g/mol. The summed E-state index contributed by atoms with van der Waals surface area (Å²) in [4.78, 5) is 23.2. The fourth-order valence-electron chi connectivity index (χ4n) is 4.07. The minimum Gasteiger partial charge on any atom is -0.493 e. The summed E-state index contributed by atoms with van der Waals surface area (Å²) in [5.74, 6) is 0.833. The van der Waals surface area contributed by atoms with Crippen molar-refractivity contribution in [1.29, 1.82) is 0 Å². The molecule has 1 aliphatic heterocycles. The third-order valence-corrected chi connectivity index (χ3v) is 5.88. The molecule has 0 spiro atoms. The van der Waals surface area contributed by atoms with Crippen LogP contribution in [0.15, 0.2) is 48.8 Å². The standard InChI is InChI=1S/C25H32FN7O3/c1-33(9-10-34)8-3-11-36-20-6-7-21-22(15-20)27-16-28-25(21)30-23-13-19(31-32-23)14-24(35)29-18-5-2-4-17(26)12-18/h2,4-7,12,15-16,19,23,31-32,34H,3,8-11,13-14H2,1H3,(H,29,35)(H,27,28,30). The van der Waals surface area contributed by atoms with Gasteiger partial charge in [0, 0.05) is 42.7 Å². The average Bonchev–Trinajstić information content (AvgIpc) is 3.28. The number of benzene rings is 2. The first-order valence-corrected chi connectivity index (χ1v) is 12.0. The predicted molar refractivity (Wildman–Crippen MR) is 136 cm³/mol. The quantitative estimate of drug-likeness (QED) is 0.239. The highest BCUT2D eigenvalue weighted by Gasteiger charge is 2.26. The van der Waals surface area contributed by atoms with Gasteiger partial charge in [-0.25, -0.2) is 19.8 Å². The Morgan fingerprint density at radius 2 is 2.11 bits per heavy atom. The van der Waals surface area contributed by atoms with Crippen molar-refractivity contribution in [3.63, 3.8) is 0 Å². The van der Waals surface area contributed by atoms with Crippen LogP contribution in [0.2, 0.25) is 0 Å². The molecule has 0 aliphatic carbocycles. The molecule has 1 aromatic heterocycles. The number of fused-ring (bicyclic) bond motifs is 1. The predicted octanol–water partition coefficient (Wildman–Crippen LogP) is 2.10. The van der Waals surface area contributed by atoms with Crippen molar-refractivity contribution in [1.82, 2.24) is 25.7 Å². The first-order valence-electron chi connectivity index (χ1n) is 12.0. The maximum atomic E-state index is 13.3. The van der Waals surface area contributed by atoms with E-state index in [-0.39, 0.29) is 31.1 Å². The zero-order valence-electron chi connectivity index (χ0n) is 20.2. The van der Waals surface area contributed by atoms with Crippen LogP contribution in [0.4, 0.5) is 15.9 Å². The molecule has 4 rings (SSSR count). The van der Waals surface area contributed by atoms with E-state index in [0.29, 0.717) is 31.1 Å². The lowest BCUT2D eigenvalue weighted by molar-refractivity contribution is -0.116. The number of hydrazine groups is 1. The number of likely N-dealkylation sites (N-methyl/N-ethyl adjacent to an activating group) is 1. The van der Waals surface area contributed by atoms with Gasteiger partial charge in [0.15, 0.2) is 0 Å². The lowest BCUT2D eigenvalue weighted by Crippen LogP contribution is -2.38. The van der Waals surface area contributed by atoms with Gasteiger partial charge >= 0.3 is 0 Å². The number of anilines is 2. The number of aliphatic hydroxyl groups excluding tert-OH is 1. The van der Waals surface area contributed by atoms with E-state index in [2.05, 4.69) is 36.4 Å². The summed E-state index contributed by atoms with van der Waals surface area (Å²) in [6.07, 6.45) is 3.11. The van der Waals surface area contributed by atoms with Crippen LogP contribution in [-0.4, -0.2) is 71.4 Å². The van der Waals surface area contributed by atoms with Crippen molar-refractivity contribution in [3.8, 4) is 5.75 Å². The molecule has 3 aromatic rings. The van der Waals surface area contributed by atoms with Crippen LogP contribution >= 0.6 is 0 Å². The van der Waals surface area contributed by atoms with Crippen molar-refractivity contribution >= 4 is 28.3 Å². The van der Waals surface area contributed by atoms with Crippen molar-refractivity contribution in [3.05, 3.63) is 54.6 Å². The number of aromatic nitrogens is 2. The van der Waals surface area contributed by atoms with Gasteiger partial charge in [0.2, 0.25) is 5.91 Å². The molecule has 2 aromatic carbocycles. The highest BCUT2D eigenvalue weighted by molar-refractivity contribution is 5.91. The number of aliphatic hydroxyl groups is 1. The van der Waals surface area contributed by atoms with Crippen molar-refractivity contribution in [2.75, 3.05) is 44.0 Å². The number of halogens is 1. The minimum atomic E-state index is -0.393. The number of hydrogen-bond acceptors (Lipinski definition) is 9. The molecule has 10 nitrogen and oxygen atoms in total. The van der Waals surface area contributed by atoms with Gasteiger partial charge in [0.25, 0.3) is 0 Å². The van der Waals surface area contributed by atoms with Crippen molar-refractivity contribution in [2.45, 2.75) is 31.5 Å². The first-order chi connectivity index (χ1) is 17.5. The van der Waals surface area contributed by atoms with Gasteiger partial charge in [0.1, 0.15) is 23.7 Å². The summed E-state index contributed by atoms with van der Waals surface area (Å²) in [5, 5.41) is 15.9. The summed E-state index contributed by atoms with van der Waals surface area (Å²) in [6, 6.07) is 11.4. The topological polar surface area (TPSA) is 124 Å². The lowest BCUT2D eigenvalue weighted by Gasteiger charge is -2.16. The molecule has 0 bridgehead atoms. The molecule has 2 unspecified atom stereocenters. The summed E-state index contributed by atoms with van der Waals surface area (Å²) >= 11 is 0. The number of carbonyl (C=O) groups is 1. The first kappa shape index (κ1) is 25.7. The summed E-state index contributed by atoms with van der Waals surface area (Å²) in [5.41, 5.74) is 7.48. The van der Waals surface area contributed by atoms with Gasteiger partial charge in [-0.1, -0.05) is 6.07 Å². The van der Waals surface area contributed by atoms with Gasteiger partial charge in [-0.05, 0) is 50.2 Å². The molecule has 1 aliphatic rings. The Kier molecular flexibility index (Phi) is 8.95. The van der Waals surface area contributed by atoms with Crippen LogP contribution < -0.4 is 26.2 Å². The van der Waals surface area contributed by atoms with Crippen molar-refractivity contribution < 1.29 is 19.0 Å². The molecule has 5 N–H and O–H groups in total. The number of rotatable bonds is 12. The lowest BCUT2D eigenvalue weighted by atomic mass is 10.1. The Morgan fingerprint density at radius 3 is 2.94 bits per heavy atom. The summed E-state index contributed by atoms with van der Waals surface area (Å²) < 4.78 is 19.2. The number of amides is 1. The summed E-state index contributed by atoms with van der Waals surface area (Å²) in [6.45, 7) is 2.22. The molecule has 2 atom stereocenters. The normalized spacial score (nSPS) is 17.4. The molecular formula is C25H32FN7O3. The van der Waals surface area contributed by atoms with Crippen LogP contribution in [0.5, 0.6) is 5.75 Å². The van der Waals surface area contributed by atoms with Crippen LogP contribution in [0.25, 0.3) is 10.9 Å². The number of ether oxygens (including phenoxy) is 1. The van der Waals surface area contributed by atoms with Gasteiger partial charge in [-0.3, -0.25) is 10.2 Å². The number of hydrogen-bond donors (Lipinski definition) is 5. The van der Waals surface area contributed by atoms with Crippen molar-refractivity contribution in [2.24, 2.45) is 0 Å². The maximum Gasteiger partial charge on any atom is 0.225 e. The van der Waals surface area contributed by atoms with Crippen LogP contribution in [0, 0.1) is 5.82 Å². The third-order valence-electron chi connectivity index (χ3n) is 5.88. The van der Waals surface area contributed by atoms with E-state index in [1.54, 1.807) is 12.1 Å². The van der Waals surface area contributed by atoms with E-state index in [9.17, 15) is 9.18 Å². The molecule has 192 valence electrons. The van der Waals surface area contributed by atoms with Crippen LogP contribution in [-0.2, 0) is 4.79 Å². The smallest absolute Gasteiger partial charge is 0.225 e. The maximum absolute atomic E-state index is 13.3. The number of nitrogens with zero attached hydrogens (tertiary/aromatic N) is 3. The molecule has 0 saturated carbocycles. The largest absolute Gasteiger partial charge is 0.493 e. The SMILES string of the molecule is CN(CCO)CCCOc1ccc2c(NC3CC(CC(=O)Nc4cccc(F)c4)NN3)ncnc2c1. The van der Waals surface area contributed by atoms with Gasteiger partial charge in [0.05, 0.1) is 24.9 Å². The Hall–Kier alpha value is -3.38. The van der Waals surface area contributed by atoms with E-state index in [4.69, 9.17) is 9.84 Å². The van der Waals surface area contributed by atoms with Gasteiger partial charge in [-0.15, -0.1) is 0 Å². The van der Waals surface area contributed by atoms with E-state index in [1.807, 2.05) is 25.2 Å². The second-order valence-corrected chi connectivity index (χ2v) is 8.81. The third kappa shape index (κ3) is 7.31. The Bertz CT molecular complexity index is 1170. The Balaban J connectivity index is 1.28. The highest BCUT2D eigenvalue weighted by Crippen LogP contribution is 2.25. The van der Waals surface area contributed by atoms with Gasteiger partial charge < -0.3 is 25.4 Å². The number of nitrogens with one attached hydrogen (secondary N) is 4. The van der Waals surface area contributed by atoms with E-state index >= 15 is 0 Å². The Labute approximate surface area is 209 Å². The molecule has 1 fully saturated rings. The Morgan fingerprint density at radius 1 is 1.22 bits per heavy atom. The molecular weight excluding hydrogens is 465 g/mol. The second kappa shape index (κ2) is 12.5. The number of carbonyl (C=O) groups excluding carboxylic acids is 1. The second-order valence-electron chi connectivity index (χ2n) is 8.81. The average molecular weight is 498 g/mol. The van der Waals surface area contributed by atoms with E-state index < -0.39 is 5.82 Å². The molecule has 11 heteroatoms. The van der Waals surface area contributed by atoms with E-state index in [0.717, 1.165) is 29.6 Å².